The Morgan fingerprint density at radius 2 is 1.77 bits per heavy atom. The lowest BCUT2D eigenvalue weighted by atomic mass is 10.3. The zero-order valence-electron chi connectivity index (χ0n) is 12.8. The number of aromatic nitrogens is 1. The van der Waals surface area contributed by atoms with Crippen LogP contribution in [0.25, 0.3) is 15.8 Å². The lowest BCUT2D eigenvalue weighted by Gasteiger charge is -2.14. The number of rotatable bonds is 1. The van der Waals surface area contributed by atoms with E-state index in [1.54, 1.807) is 0 Å². The fraction of sp³-hybridized carbons (Fsp3) is 0.167. The Balaban J connectivity index is 1.87. The number of benzene rings is 2. The van der Waals surface area contributed by atoms with E-state index in [1.807, 2.05) is 23.1 Å². The molecule has 2 heterocycles. The SMILES string of the molecule is C/C(=C1\Sc2ccccc2N1C)c1sc2ccccc2[n+]1C. The van der Waals surface area contributed by atoms with Crippen LogP contribution in [0.5, 0.6) is 0 Å². The first-order valence-electron chi connectivity index (χ1n) is 7.26. The first-order valence-corrected chi connectivity index (χ1v) is 8.89. The Morgan fingerprint density at radius 3 is 2.55 bits per heavy atom. The van der Waals surface area contributed by atoms with Crippen molar-refractivity contribution < 1.29 is 4.57 Å². The second-order valence-corrected chi connectivity index (χ2v) is 7.55. The van der Waals surface area contributed by atoms with Crippen LogP contribution in [0.3, 0.4) is 0 Å². The second kappa shape index (κ2) is 5.14. The van der Waals surface area contributed by atoms with Crippen molar-refractivity contribution in [3.63, 3.8) is 0 Å². The van der Waals surface area contributed by atoms with E-state index < -0.39 is 0 Å². The number of anilines is 1. The maximum Gasteiger partial charge on any atom is 0.268 e. The van der Waals surface area contributed by atoms with Crippen molar-refractivity contribution in [2.45, 2.75) is 11.8 Å². The van der Waals surface area contributed by atoms with Crippen LogP contribution in [-0.4, -0.2) is 7.05 Å². The van der Waals surface area contributed by atoms with Gasteiger partial charge in [-0.25, -0.2) is 0 Å². The summed E-state index contributed by atoms with van der Waals surface area (Å²) in [5.41, 5.74) is 3.93. The van der Waals surface area contributed by atoms with Gasteiger partial charge in [0.1, 0.15) is 11.7 Å². The van der Waals surface area contributed by atoms with Crippen molar-refractivity contribution in [3.05, 3.63) is 58.6 Å². The molecule has 2 aromatic carbocycles. The number of thioether (sulfide) groups is 1. The molecular formula is C18H17N2S2+. The van der Waals surface area contributed by atoms with Gasteiger partial charge in [-0.05, 0) is 25.1 Å². The van der Waals surface area contributed by atoms with Gasteiger partial charge in [0.05, 0.1) is 16.3 Å². The topological polar surface area (TPSA) is 7.12 Å². The molecule has 0 saturated carbocycles. The van der Waals surface area contributed by atoms with Crippen molar-refractivity contribution in [2.75, 3.05) is 11.9 Å². The Bertz CT molecular complexity index is 908. The van der Waals surface area contributed by atoms with Gasteiger partial charge in [0, 0.05) is 18.0 Å². The summed E-state index contributed by atoms with van der Waals surface area (Å²) in [4.78, 5) is 3.64. The zero-order valence-corrected chi connectivity index (χ0v) is 14.5. The Kier molecular flexibility index (Phi) is 3.24. The third kappa shape index (κ3) is 1.98. The summed E-state index contributed by atoms with van der Waals surface area (Å²) in [5, 5.41) is 2.65. The number of thiazole rings is 1. The van der Waals surface area contributed by atoms with Crippen LogP contribution in [0.15, 0.2) is 58.5 Å². The van der Waals surface area contributed by atoms with Gasteiger partial charge < -0.3 is 4.90 Å². The second-order valence-electron chi connectivity index (χ2n) is 5.49. The van der Waals surface area contributed by atoms with Crippen molar-refractivity contribution in [1.82, 2.24) is 0 Å². The van der Waals surface area contributed by atoms with E-state index in [9.17, 15) is 0 Å². The molecule has 0 atom stereocenters. The van der Waals surface area contributed by atoms with Crippen molar-refractivity contribution in [1.29, 1.82) is 0 Å². The molecule has 0 spiro atoms. The predicted molar refractivity (Wildman–Crippen MR) is 96.3 cm³/mol. The molecule has 4 heteroatoms. The molecule has 0 aliphatic carbocycles. The molecule has 0 radical (unpaired) electrons. The lowest BCUT2D eigenvalue weighted by Crippen LogP contribution is -2.30. The summed E-state index contributed by atoms with van der Waals surface area (Å²) < 4.78 is 3.64. The molecule has 1 aromatic heterocycles. The molecule has 3 aromatic rings. The molecule has 1 aliphatic rings. The maximum atomic E-state index is 2.31. The molecule has 0 unspecified atom stereocenters. The van der Waals surface area contributed by atoms with Crippen LogP contribution in [0.2, 0.25) is 0 Å². The van der Waals surface area contributed by atoms with Crippen molar-refractivity contribution in [2.24, 2.45) is 7.05 Å². The molecule has 110 valence electrons. The van der Waals surface area contributed by atoms with E-state index in [-0.39, 0.29) is 0 Å². The average molecular weight is 325 g/mol. The van der Waals surface area contributed by atoms with Gasteiger partial charge in [0.2, 0.25) is 5.52 Å². The summed E-state index contributed by atoms with van der Waals surface area (Å²) in [7, 11) is 4.32. The molecule has 0 amide bonds. The molecule has 0 N–H and O–H groups in total. The lowest BCUT2D eigenvalue weighted by molar-refractivity contribution is -0.642. The van der Waals surface area contributed by atoms with Gasteiger partial charge in [-0.15, -0.1) is 0 Å². The average Bonchev–Trinajstić information content (AvgIpc) is 3.06. The summed E-state index contributed by atoms with van der Waals surface area (Å²) in [5.74, 6) is 0. The highest BCUT2D eigenvalue weighted by Gasteiger charge is 2.28. The van der Waals surface area contributed by atoms with E-state index in [2.05, 4.69) is 79.0 Å². The first kappa shape index (κ1) is 13.9. The Morgan fingerprint density at radius 1 is 1.05 bits per heavy atom. The minimum Gasteiger partial charge on any atom is -0.338 e. The largest absolute Gasteiger partial charge is 0.338 e. The van der Waals surface area contributed by atoms with Crippen LogP contribution in [0.4, 0.5) is 5.69 Å². The minimum atomic E-state index is 1.30. The number of hydrogen-bond acceptors (Lipinski definition) is 3. The highest BCUT2D eigenvalue weighted by atomic mass is 32.2. The van der Waals surface area contributed by atoms with E-state index in [4.69, 9.17) is 0 Å². The van der Waals surface area contributed by atoms with Crippen LogP contribution in [-0.2, 0) is 7.05 Å². The number of nitrogens with zero attached hydrogens (tertiary/aromatic N) is 2. The predicted octanol–water partition coefficient (Wildman–Crippen LogP) is 4.66. The minimum absolute atomic E-state index is 1.30. The van der Waals surface area contributed by atoms with Gasteiger partial charge in [-0.3, -0.25) is 0 Å². The van der Waals surface area contributed by atoms with E-state index in [1.165, 1.54) is 36.4 Å². The zero-order chi connectivity index (χ0) is 15.3. The molecule has 0 saturated heterocycles. The van der Waals surface area contributed by atoms with Crippen LogP contribution in [0, 0.1) is 0 Å². The molecule has 2 nitrogen and oxygen atoms in total. The number of fused-ring (bicyclic) bond motifs is 2. The number of hydrogen-bond donors (Lipinski definition) is 0. The number of allylic oxidation sites excluding steroid dienone is 1. The molecule has 4 rings (SSSR count). The van der Waals surface area contributed by atoms with Gasteiger partial charge in [-0.2, -0.15) is 4.57 Å². The third-order valence-electron chi connectivity index (χ3n) is 4.12. The summed E-state index contributed by atoms with van der Waals surface area (Å²) in [6.07, 6.45) is 0. The smallest absolute Gasteiger partial charge is 0.268 e. The molecule has 0 fully saturated rings. The van der Waals surface area contributed by atoms with Gasteiger partial charge in [0.15, 0.2) is 0 Å². The van der Waals surface area contributed by atoms with Gasteiger partial charge in [0.25, 0.3) is 5.01 Å². The van der Waals surface area contributed by atoms with E-state index in [0.717, 1.165) is 0 Å². The summed E-state index contributed by atoms with van der Waals surface area (Å²) >= 11 is 3.73. The van der Waals surface area contributed by atoms with Gasteiger partial charge >= 0.3 is 0 Å². The van der Waals surface area contributed by atoms with Crippen LogP contribution >= 0.6 is 23.1 Å². The fourth-order valence-electron chi connectivity index (χ4n) is 2.95. The first-order chi connectivity index (χ1) is 10.7. The summed E-state index contributed by atoms with van der Waals surface area (Å²) in [6, 6.07) is 17.2. The third-order valence-corrected chi connectivity index (χ3v) is 6.79. The molecule has 1 aliphatic heterocycles. The van der Waals surface area contributed by atoms with E-state index >= 15 is 0 Å². The molecule has 22 heavy (non-hydrogen) atoms. The van der Waals surface area contributed by atoms with E-state index in [0.29, 0.717) is 0 Å². The van der Waals surface area contributed by atoms with Gasteiger partial charge in [-0.1, -0.05) is 47.4 Å². The number of aryl methyl sites for hydroxylation is 1. The van der Waals surface area contributed by atoms with Crippen molar-refractivity contribution in [3.8, 4) is 0 Å². The Labute approximate surface area is 138 Å². The monoisotopic (exact) mass is 325 g/mol. The highest BCUT2D eigenvalue weighted by Crippen LogP contribution is 2.47. The molecule has 0 bridgehead atoms. The highest BCUT2D eigenvalue weighted by molar-refractivity contribution is 8.04. The maximum absolute atomic E-state index is 2.31. The normalized spacial score (nSPS) is 16.2. The quantitative estimate of drug-likeness (QED) is 0.601. The molecular weight excluding hydrogens is 308 g/mol. The Hall–Kier alpha value is -1.78. The number of para-hydroxylation sites is 2. The summed E-state index contributed by atoms with van der Waals surface area (Å²) in [6.45, 7) is 2.23. The fourth-order valence-corrected chi connectivity index (χ4v) is 5.32. The van der Waals surface area contributed by atoms with Crippen LogP contribution < -0.4 is 9.47 Å². The van der Waals surface area contributed by atoms with Crippen molar-refractivity contribution >= 4 is 44.6 Å². The standard InChI is InChI=1S/C18H17N2S2/c1-12(17-19(2)13-8-4-6-10-15(13)21-17)18-20(3)14-9-5-7-11-16(14)22-18/h4-11H,1-3H3/q+1. The van der Waals surface area contributed by atoms with Crippen LogP contribution in [0.1, 0.15) is 11.9 Å².